The summed E-state index contributed by atoms with van der Waals surface area (Å²) in [5.74, 6) is -1.61. The third-order valence-corrected chi connectivity index (χ3v) is 5.03. The smallest absolute Gasteiger partial charge is 0.422 e. The second-order valence-corrected chi connectivity index (χ2v) is 7.82. The minimum atomic E-state index is -4.46. The fraction of sp³-hybridized carbons (Fsp3) is 0.154. The molecule has 0 heterocycles. The Kier molecular flexibility index (Phi) is 8.21. The fourth-order valence-electron chi connectivity index (χ4n) is 3.20. The number of carboxylic acids is 1. The van der Waals surface area contributed by atoms with Gasteiger partial charge in [-0.05, 0) is 78.6 Å². The predicted octanol–water partition coefficient (Wildman–Crippen LogP) is 5.11. The van der Waals surface area contributed by atoms with E-state index in [0.717, 1.165) is 5.56 Å². The monoisotopic (exact) mass is 500 g/mol. The number of hydrogen-bond acceptors (Lipinski definition) is 6. The SMILES string of the molecule is Nc1ccc(CCC(=Cc2ccc(OC(=O)c3ccc(OCC(F)(F)F)cc3)cc2)C(=O)O)c(N)c1. The van der Waals surface area contributed by atoms with E-state index >= 15 is 0 Å². The molecule has 0 aliphatic rings. The van der Waals surface area contributed by atoms with E-state index in [9.17, 15) is 27.9 Å². The standard InChI is InChI=1S/C26H23F3N2O5/c27-26(28,29)15-35-21-11-6-18(7-12-21)25(34)36-22-9-1-16(2-10-22)13-19(24(32)33)4-3-17-5-8-20(30)14-23(17)31/h1-2,5-14H,3-4,15,30-31H2,(H,32,33). The minimum absolute atomic E-state index is 0.0340. The summed E-state index contributed by atoms with van der Waals surface area (Å²) >= 11 is 0. The van der Waals surface area contributed by atoms with Crippen LogP contribution in [0.1, 0.15) is 27.9 Å². The normalized spacial score (nSPS) is 11.7. The molecule has 10 heteroatoms. The van der Waals surface area contributed by atoms with Crippen molar-refractivity contribution < 1.29 is 37.3 Å². The van der Waals surface area contributed by atoms with Gasteiger partial charge in [-0.2, -0.15) is 13.2 Å². The minimum Gasteiger partial charge on any atom is -0.484 e. The van der Waals surface area contributed by atoms with Crippen LogP contribution in [0.15, 0.2) is 72.3 Å². The number of ether oxygens (including phenoxy) is 2. The van der Waals surface area contributed by atoms with E-state index in [1.807, 2.05) is 0 Å². The van der Waals surface area contributed by atoms with Crippen LogP contribution in [0, 0.1) is 0 Å². The van der Waals surface area contributed by atoms with E-state index in [0.29, 0.717) is 23.4 Å². The van der Waals surface area contributed by atoms with Crippen molar-refractivity contribution in [1.82, 2.24) is 0 Å². The molecule has 3 aromatic rings. The molecule has 5 N–H and O–H groups in total. The Bertz CT molecular complexity index is 1250. The number of aryl methyl sites for hydroxylation is 1. The molecule has 3 aromatic carbocycles. The van der Waals surface area contributed by atoms with Crippen LogP contribution < -0.4 is 20.9 Å². The Hall–Kier alpha value is -4.47. The first-order chi connectivity index (χ1) is 17.0. The van der Waals surface area contributed by atoms with Crippen molar-refractivity contribution in [2.45, 2.75) is 19.0 Å². The summed E-state index contributed by atoms with van der Waals surface area (Å²) in [5, 5.41) is 9.57. The number of alkyl halides is 3. The number of carboxylic acid groups (broad SMARTS) is 1. The van der Waals surface area contributed by atoms with E-state index in [-0.39, 0.29) is 29.1 Å². The van der Waals surface area contributed by atoms with Crippen molar-refractivity contribution in [2.24, 2.45) is 0 Å². The second kappa shape index (κ2) is 11.3. The van der Waals surface area contributed by atoms with Crippen molar-refractivity contribution in [3.63, 3.8) is 0 Å². The molecule has 0 unspecified atom stereocenters. The number of anilines is 2. The second-order valence-electron chi connectivity index (χ2n) is 7.82. The molecule has 7 nitrogen and oxygen atoms in total. The van der Waals surface area contributed by atoms with E-state index < -0.39 is 24.7 Å². The third-order valence-electron chi connectivity index (χ3n) is 5.03. The molecule has 0 saturated carbocycles. The average molecular weight is 500 g/mol. The van der Waals surface area contributed by atoms with E-state index in [1.165, 1.54) is 42.5 Å². The number of hydrogen-bond donors (Lipinski definition) is 3. The quantitative estimate of drug-likeness (QED) is 0.161. The van der Waals surface area contributed by atoms with Gasteiger partial charge in [0.25, 0.3) is 0 Å². The molecule has 0 aliphatic carbocycles. The lowest BCUT2D eigenvalue weighted by atomic mass is 10.0. The Morgan fingerprint density at radius 3 is 2.14 bits per heavy atom. The number of rotatable bonds is 9. The van der Waals surface area contributed by atoms with E-state index in [4.69, 9.17) is 16.2 Å². The van der Waals surface area contributed by atoms with Gasteiger partial charge in [-0.15, -0.1) is 0 Å². The highest BCUT2D eigenvalue weighted by Gasteiger charge is 2.28. The molecular weight excluding hydrogens is 477 g/mol. The van der Waals surface area contributed by atoms with Crippen LogP contribution >= 0.6 is 0 Å². The summed E-state index contributed by atoms with van der Waals surface area (Å²) < 4.78 is 46.5. The van der Waals surface area contributed by atoms with Gasteiger partial charge in [-0.1, -0.05) is 18.2 Å². The zero-order chi connectivity index (χ0) is 26.3. The predicted molar refractivity (Wildman–Crippen MR) is 129 cm³/mol. The van der Waals surface area contributed by atoms with E-state index in [1.54, 1.807) is 30.3 Å². The van der Waals surface area contributed by atoms with Crippen molar-refractivity contribution in [1.29, 1.82) is 0 Å². The number of nitrogens with two attached hydrogens (primary N) is 2. The topological polar surface area (TPSA) is 125 Å². The number of nitrogen functional groups attached to an aromatic ring is 2. The summed E-state index contributed by atoms with van der Waals surface area (Å²) in [6, 6.07) is 16.3. The summed E-state index contributed by atoms with van der Waals surface area (Å²) in [6.07, 6.45) is -2.29. The number of carbonyl (C=O) groups is 2. The van der Waals surface area contributed by atoms with Gasteiger partial charge in [0.1, 0.15) is 11.5 Å². The molecule has 0 fully saturated rings. The van der Waals surface area contributed by atoms with Crippen LogP contribution in [0.5, 0.6) is 11.5 Å². The Balaban J connectivity index is 1.61. The van der Waals surface area contributed by atoms with Crippen LogP contribution in [0.4, 0.5) is 24.5 Å². The summed E-state index contributed by atoms with van der Waals surface area (Å²) in [5.41, 5.74) is 14.3. The summed E-state index contributed by atoms with van der Waals surface area (Å²) in [7, 11) is 0. The molecular formula is C26H23F3N2O5. The molecule has 0 aliphatic heterocycles. The van der Waals surface area contributed by atoms with Crippen LogP contribution in [0.3, 0.4) is 0 Å². The molecule has 0 amide bonds. The maximum absolute atomic E-state index is 12.3. The molecule has 0 aromatic heterocycles. The third kappa shape index (κ3) is 7.79. The highest BCUT2D eigenvalue weighted by Crippen LogP contribution is 2.23. The lowest BCUT2D eigenvalue weighted by Crippen LogP contribution is -2.19. The maximum atomic E-state index is 12.3. The van der Waals surface area contributed by atoms with Crippen molar-refractivity contribution in [3.8, 4) is 11.5 Å². The zero-order valence-electron chi connectivity index (χ0n) is 18.9. The van der Waals surface area contributed by atoms with Gasteiger partial charge in [-0.25, -0.2) is 9.59 Å². The van der Waals surface area contributed by atoms with Gasteiger partial charge in [-0.3, -0.25) is 0 Å². The molecule has 0 atom stereocenters. The maximum Gasteiger partial charge on any atom is 0.422 e. The van der Waals surface area contributed by atoms with Gasteiger partial charge >= 0.3 is 18.1 Å². The first kappa shape index (κ1) is 26.1. The van der Waals surface area contributed by atoms with Crippen molar-refractivity contribution >= 4 is 29.4 Å². The number of carbonyl (C=O) groups excluding carboxylic acids is 1. The van der Waals surface area contributed by atoms with Crippen LogP contribution in [-0.4, -0.2) is 29.8 Å². The average Bonchev–Trinajstić information content (AvgIpc) is 2.82. The highest BCUT2D eigenvalue weighted by molar-refractivity contribution is 5.92. The van der Waals surface area contributed by atoms with Gasteiger partial charge in [0.05, 0.1) is 5.56 Å². The molecule has 0 spiro atoms. The van der Waals surface area contributed by atoms with Gasteiger partial charge in [0.15, 0.2) is 6.61 Å². The number of aliphatic carboxylic acids is 1. The Labute approximate surface area is 204 Å². The molecule has 3 rings (SSSR count). The van der Waals surface area contributed by atoms with Crippen molar-refractivity contribution in [3.05, 3.63) is 89.0 Å². The van der Waals surface area contributed by atoms with Gasteiger partial charge in [0, 0.05) is 16.9 Å². The van der Waals surface area contributed by atoms with E-state index in [2.05, 4.69) is 4.74 Å². The number of halogens is 3. The largest absolute Gasteiger partial charge is 0.484 e. The zero-order valence-corrected chi connectivity index (χ0v) is 18.9. The lowest BCUT2D eigenvalue weighted by Gasteiger charge is -2.10. The first-order valence-electron chi connectivity index (χ1n) is 10.7. The summed E-state index contributed by atoms with van der Waals surface area (Å²) in [4.78, 5) is 24.0. The molecule has 0 radical (unpaired) electrons. The molecule has 0 bridgehead atoms. The fourth-order valence-corrected chi connectivity index (χ4v) is 3.20. The van der Waals surface area contributed by atoms with Crippen LogP contribution in [-0.2, 0) is 11.2 Å². The van der Waals surface area contributed by atoms with Gasteiger partial charge < -0.3 is 26.0 Å². The number of benzene rings is 3. The van der Waals surface area contributed by atoms with Gasteiger partial charge in [0.2, 0.25) is 0 Å². The Morgan fingerprint density at radius 1 is 0.917 bits per heavy atom. The van der Waals surface area contributed by atoms with Crippen LogP contribution in [0.2, 0.25) is 0 Å². The Morgan fingerprint density at radius 2 is 1.56 bits per heavy atom. The van der Waals surface area contributed by atoms with Crippen LogP contribution in [0.25, 0.3) is 6.08 Å². The first-order valence-corrected chi connectivity index (χ1v) is 10.7. The summed E-state index contributed by atoms with van der Waals surface area (Å²) in [6.45, 7) is -1.43. The lowest BCUT2D eigenvalue weighted by molar-refractivity contribution is -0.153. The van der Waals surface area contributed by atoms with Crippen molar-refractivity contribution in [2.75, 3.05) is 18.1 Å². The number of esters is 1. The molecule has 188 valence electrons. The molecule has 36 heavy (non-hydrogen) atoms. The molecule has 0 saturated heterocycles. The highest BCUT2D eigenvalue weighted by atomic mass is 19.4.